The second-order valence-corrected chi connectivity index (χ2v) is 7.36. The van der Waals surface area contributed by atoms with E-state index in [1.807, 2.05) is 0 Å². The minimum atomic E-state index is -1.04. The van der Waals surface area contributed by atoms with E-state index in [0.29, 0.717) is 16.3 Å². The lowest BCUT2D eigenvalue weighted by Crippen LogP contribution is -2.23. The minimum absolute atomic E-state index is 0.0577. The Bertz CT molecular complexity index is 1360. The first kappa shape index (κ1) is 23.1. The maximum atomic E-state index is 12.7. The molecule has 0 N–H and O–H groups in total. The molecule has 0 radical (unpaired) electrons. The Hall–Kier alpha value is -4.53. The molecule has 1 aromatic heterocycles. The van der Waals surface area contributed by atoms with Crippen molar-refractivity contribution in [3.8, 4) is 0 Å². The zero-order valence-corrected chi connectivity index (χ0v) is 17.5. The second kappa shape index (κ2) is 9.31. The van der Waals surface area contributed by atoms with Gasteiger partial charge in [-0.3, -0.25) is 39.9 Å². The first-order valence-corrected chi connectivity index (χ1v) is 9.88. The number of hydrogen-bond acceptors (Lipinski definition) is 10. The van der Waals surface area contributed by atoms with Gasteiger partial charge in [0, 0.05) is 24.3 Å². The summed E-state index contributed by atoms with van der Waals surface area (Å²) in [5, 5.41) is 33.2. The topological polar surface area (TPSA) is 190 Å². The molecule has 170 valence electrons. The summed E-state index contributed by atoms with van der Waals surface area (Å²) in [7, 11) is 0. The lowest BCUT2D eigenvalue weighted by Gasteiger charge is -2.05. The predicted molar refractivity (Wildman–Crippen MR) is 113 cm³/mol. The zero-order chi connectivity index (χ0) is 24.3. The van der Waals surface area contributed by atoms with E-state index < -0.39 is 43.6 Å². The van der Waals surface area contributed by atoms with E-state index in [2.05, 4.69) is 4.99 Å². The van der Waals surface area contributed by atoms with Crippen LogP contribution >= 0.6 is 11.3 Å². The third-order valence-corrected chi connectivity index (χ3v) is 5.28. The predicted octanol–water partition coefficient (Wildman–Crippen LogP) is 2.73. The molecule has 1 amide bonds. The standard InChI is InChI=1S/C18H13N5O9S/c1-2-32-16(24)9-20-14-4-3-11(21(26)27)8-15(14)33-18(20)19-17(25)10-5-12(22(28)29)7-13(6-10)23(30)31/h3-8H,2,9H2,1H3. The fourth-order valence-electron chi connectivity index (χ4n) is 2.83. The molecule has 0 bridgehead atoms. The van der Waals surface area contributed by atoms with Crippen molar-refractivity contribution in [3.63, 3.8) is 0 Å². The normalized spacial score (nSPS) is 11.4. The Kier molecular flexibility index (Phi) is 6.53. The second-order valence-electron chi connectivity index (χ2n) is 6.35. The quantitative estimate of drug-likeness (QED) is 0.281. The highest BCUT2D eigenvalue weighted by molar-refractivity contribution is 7.16. The number of esters is 1. The molecule has 2 aromatic carbocycles. The maximum absolute atomic E-state index is 12.7. The summed E-state index contributed by atoms with van der Waals surface area (Å²) in [6.45, 7) is 1.32. The summed E-state index contributed by atoms with van der Waals surface area (Å²) in [6.07, 6.45) is 0. The zero-order valence-electron chi connectivity index (χ0n) is 16.7. The van der Waals surface area contributed by atoms with Crippen LogP contribution in [0.4, 0.5) is 17.1 Å². The van der Waals surface area contributed by atoms with Crippen LogP contribution in [0.2, 0.25) is 0 Å². The van der Waals surface area contributed by atoms with Gasteiger partial charge in [0.25, 0.3) is 23.0 Å². The van der Waals surface area contributed by atoms with Crippen molar-refractivity contribution in [1.82, 2.24) is 4.57 Å². The molecule has 0 atom stereocenters. The van der Waals surface area contributed by atoms with E-state index in [1.165, 1.54) is 22.8 Å². The number of ether oxygens (including phenoxy) is 1. The molecule has 0 spiro atoms. The van der Waals surface area contributed by atoms with Gasteiger partial charge < -0.3 is 9.30 Å². The molecule has 0 aliphatic rings. The van der Waals surface area contributed by atoms with Crippen molar-refractivity contribution in [3.05, 3.63) is 77.1 Å². The first-order chi connectivity index (χ1) is 15.6. The van der Waals surface area contributed by atoms with Gasteiger partial charge in [0.15, 0.2) is 4.80 Å². The smallest absolute Gasteiger partial charge is 0.326 e. The largest absolute Gasteiger partial charge is 0.465 e. The Balaban J connectivity index is 2.18. The van der Waals surface area contributed by atoms with Crippen molar-refractivity contribution >= 4 is 50.5 Å². The highest BCUT2D eigenvalue weighted by Crippen LogP contribution is 2.25. The average molecular weight is 475 g/mol. The molecule has 0 aliphatic carbocycles. The molecule has 0 unspecified atom stereocenters. The van der Waals surface area contributed by atoms with Crippen LogP contribution in [0.1, 0.15) is 17.3 Å². The molecule has 1 heterocycles. The molecule has 15 heteroatoms. The number of non-ortho nitro benzene ring substituents is 3. The van der Waals surface area contributed by atoms with Crippen molar-refractivity contribution in [2.75, 3.05) is 6.61 Å². The number of nitro benzene ring substituents is 3. The average Bonchev–Trinajstić information content (AvgIpc) is 3.09. The van der Waals surface area contributed by atoms with Gasteiger partial charge in [-0.05, 0) is 13.0 Å². The van der Waals surface area contributed by atoms with Crippen molar-refractivity contribution in [2.45, 2.75) is 13.5 Å². The van der Waals surface area contributed by atoms with Crippen LogP contribution in [0.25, 0.3) is 10.2 Å². The Morgan fingerprint density at radius 2 is 1.58 bits per heavy atom. The third kappa shape index (κ3) is 5.04. The van der Waals surface area contributed by atoms with Crippen molar-refractivity contribution in [1.29, 1.82) is 0 Å². The van der Waals surface area contributed by atoms with Gasteiger partial charge in [0.1, 0.15) is 6.54 Å². The van der Waals surface area contributed by atoms with E-state index in [1.54, 1.807) is 6.92 Å². The highest BCUT2D eigenvalue weighted by Gasteiger charge is 2.21. The Morgan fingerprint density at radius 3 is 2.12 bits per heavy atom. The lowest BCUT2D eigenvalue weighted by molar-refractivity contribution is -0.394. The fraction of sp³-hybridized carbons (Fsp3) is 0.167. The molecular weight excluding hydrogens is 462 g/mol. The monoisotopic (exact) mass is 475 g/mol. The summed E-state index contributed by atoms with van der Waals surface area (Å²) in [5.74, 6) is -1.70. The number of aromatic nitrogens is 1. The number of hydrogen-bond donors (Lipinski definition) is 0. The number of amides is 1. The summed E-state index contributed by atoms with van der Waals surface area (Å²) >= 11 is 0.855. The maximum Gasteiger partial charge on any atom is 0.326 e. The van der Waals surface area contributed by atoms with Crippen LogP contribution in [0.3, 0.4) is 0 Å². The van der Waals surface area contributed by atoms with Gasteiger partial charge in [-0.1, -0.05) is 11.3 Å². The molecule has 33 heavy (non-hydrogen) atoms. The van der Waals surface area contributed by atoms with Gasteiger partial charge in [-0.25, -0.2) is 0 Å². The van der Waals surface area contributed by atoms with Crippen molar-refractivity contribution in [2.24, 2.45) is 4.99 Å². The van der Waals surface area contributed by atoms with Gasteiger partial charge in [0.05, 0.1) is 43.2 Å². The van der Waals surface area contributed by atoms with Gasteiger partial charge in [-0.15, -0.1) is 0 Å². The number of benzene rings is 2. The SMILES string of the molecule is CCOC(=O)Cn1c(=NC(=O)c2cc([N+](=O)[O-])cc([N+](=O)[O-])c2)sc2cc([N+](=O)[O-])ccc21. The van der Waals surface area contributed by atoms with E-state index in [0.717, 1.165) is 23.5 Å². The molecule has 3 aromatic rings. The number of carbonyl (C=O) groups excluding carboxylic acids is 2. The number of rotatable bonds is 7. The number of thiazole rings is 1. The van der Waals surface area contributed by atoms with Crippen LogP contribution in [-0.4, -0.2) is 37.8 Å². The lowest BCUT2D eigenvalue weighted by atomic mass is 10.1. The van der Waals surface area contributed by atoms with Crippen LogP contribution in [-0.2, 0) is 16.1 Å². The number of fused-ring (bicyclic) bond motifs is 1. The molecule has 0 saturated carbocycles. The van der Waals surface area contributed by atoms with E-state index in [4.69, 9.17) is 4.74 Å². The van der Waals surface area contributed by atoms with Gasteiger partial charge >= 0.3 is 5.97 Å². The van der Waals surface area contributed by atoms with Crippen molar-refractivity contribution < 1.29 is 29.1 Å². The molecular formula is C18H13N5O9S. The van der Waals surface area contributed by atoms with E-state index in [9.17, 15) is 39.9 Å². The van der Waals surface area contributed by atoms with Gasteiger partial charge in [0.2, 0.25) is 0 Å². The molecule has 3 rings (SSSR count). The number of carbonyl (C=O) groups is 2. The number of nitro groups is 3. The van der Waals surface area contributed by atoms with Crippen LogP contribution in [0.5, 0.6) is 0 Å². The van der Waals surface area contributed by atoms with Crippen LogP contribution in [0, 0.1) is 30.3 Å². The van der Waals surface area contributed by atoms with Gasteiger partial charge in [-0.2, -0.15) is 4.99 Å². The summed E-state index contributed by atoms with van der Waals surface area (Å²) in [5.41, 5.74) is -1.63. The van der Waals surface area contributed by atoms with E-state index in [-0.39, 0.29) is 23.6 Å². The molecule has 0 fully saturated rings. The van der Waals surface area contributed by atoms with Crippen LogP contribution < -0.4 is 4.80 Å². The minimum Gasteiger partial charge on any atom is -0.465 e. The summed E-state index contributed by atoms with van der Waals surface area (Å²) < 4.78 is 6.55. The molecule has 0 saturated heterocycles. The molecule has 14 nitrogen and oxygen atoms in total. The summed E-state index contributed by atoms with van der Waals surface area (Å²) in [4.78, 5) is 59.5. The summed E-state index contributed by atoms with van der Waals surface area (Å²) in [6, 6.07) is 6.22. The Morgan fingerprint density at radius 1 is 0.970 bits per heavy atom. The first-order valence-electron chi connectivity index (χ1n) is 9.07. The third-order valence-electron chi connectivity index (χ3n) is 4.24. The van der Waals surface area contributed by atoms with E-state index >= 15 is 0 Å². The Labute approximate surface area is 186 Å². The number of nitrogens with zero attached hydrogens (tertiary/aromatic N) is 5. The highest BCUT2D eigenvalue weighted by atomic mass is 32.1. The van der Waals surface area contributed by atoms with Crippen LogP contribution in [0.15, 0.2) is 41.4 Å². The fourth-order valence-corrected chi connectivity index (χ4v) is 3.89. The molecule has 0 aliphatic heterocycles.